The quantitative estimate of drug-likeness (QED) is 0.583. The summed E-state index contributed by atoms with van der Waals surface area (Å²) in [5.41, 5.74) is 0.901. The van der Waals surface area contributed by atoms with Gasteiger partial charge in [-0.2, -0.15) is 0 Å². The molecule has 0 spiro atoms. The minimum Gasteiger partial charge on any atom is -0.296 e. The van der Waals surface area contributed by atoms with Crippen molar-refractivity contribution in [3.63, 3.8) is 0 Å². The van der Waals surface area contributed by atoms with Gasteiger partial charge >= 0.3 is 0 Å². The molecule has 1 rings (SSSR count). The van der Waals surface area contributed by atoms with E-state index in [2.05, 4.69) is 32.6 Å². The van der Waals surface area contributed by atoms with E-state index >= 15 is 0 Å². The van der Waals surface area contributed by atoms with Crippen molar-refractivity contribution in [2.45, 2.75) is 40.3 Å². The van der Waals surface area contributed by atoms with Crippen molar-refractivity contribution < 1.29 is 4.92 Å². The number of hydrogen-bond donors (Lipinski definition) is 0. The van der Waals surface area contributed by atoms with E-state index in [1.807, 2.05) is 0 Å². The van der Waals surface area contributed by atoms with Crippen LogP contribution in [0.15, 0.2) is 18.2 Å². The Morgan fingerprint density at radius 3 is 2.42 bits per heavy atom. The Hall–Kier alpha value is -1.13. The number of nitrogens with zero attached hydrogens (tertiary/aromatic N) is 2. The van der Waals surface area contributed by atoms with Crippen LogP contribution < -0.4 is 0 Å². The van der Waals surface area contributed by atoms with Crippen molar-refractivity contribution in [2.24, 2.45) is 5.92 Å². The van der Waals surface area contributed by atoms with Gasteiger partial charge in [0.05, 0.1) is 4.92 Å². The Labute approximate surface area is 119 Å². The SMILES string of the molecule is CC(C)CN(Cc1cc([N+](=O)[O-])ccc1Cl)C(C)C. The zero-order valence-electron chi connectivity index (χ0n) is 11.9. The fraction of sp³-hybridized carbons (Fsp3) is 0.571. The molecule has 19 heavy (non-hydrogen) atoms. The molecule has 0 saturated carbocycles. The van der Waals surface area contributed by atoms with Crippen LogP contribution in [0, 0.1) is 16.0 Å². The number of benzene rings is 1. The van der Waals surface area contributed by atoms with E-state index in [4.69, 9.17) is 11.6 Å². The third kappa shape index (κ3) is 4.80. The highest BCUT2D eigenvalue weighted by Crippen LogP contribution is 2.24. The van der Waals surface area contributed by atoms with E-state index < -0.39 is 0 Å². The molecule has 0 amide bonds. The van der Waals surface area contributed by atoms with Gasteiger partial charge in [-0.15, -0.1) is 0 Å². The van der Waals surface area contributed by atoms with Crippen molar-refractivity contribution in [1.29, 1.82) is 0 Å². The van der Waals surface area contributed by atoms with E-state index in [1.54, 1.807) is 12.1 Å². The monoisotopic (exact) mass is 284 g/mol. The Balaban J connectivity index is 2.95. The fourth-order valence-corrected chi connectivity index (χ4v) is 2.12. The van der Waals surface area contributed by atoms with Crippen LogP contribution in [0.5, 0.6) is 0 Å². The molecule has 0 aliphatic rings. The Kier molecular flexibility index (Phi) is 5.76. The van der Waals surface area contributed by atoms with Crippen molar-refractivity contribution in [2.75, 3.05) is 6.54 Å². The Morgan fingerprint density at radius 1 is 1.32 bits per heavy atom. The lowest BCUT2D eigenvalue weighted by Gasteiger charge is -2.28. The summed E-state index contributed by atoms with van der Waals surface area (Å²) in [6.45, 7) is 10.1. The van der Waals surface area contributed by atoms with Crippen LogP contribution in [0.1, 0.15) is 33.3 Å². The van der Waals surface area contributed by atoms with Crippen molar-refractivity contribution in [3.8, 4) is 0 Å². The second-order valence-corrected chi connectivity index (χ2v) is 5.86. The number of nitro benzene ring substituents is 1. The lowest BCUT2D eigenvalue weighted by molar-refractivity contribution is -0.384. The molecule has 4 nitrogen and oxygen atoms in total. The van der Waals surface area contributed by atoms with E-state index in [0.29, 0.717) is 23.5 Å². The average molecular weight is 285 g/mol. The molecule has 0 fully saturated rings. The second-order valence-electron chi connectivity index (χ2n) is 5.45. The minimum atomic E-state index is -0.387. The molecule has 0 heterocycles. The number of non-ortho nitro benzene ring substituents is 1. The van der Waals surface area contributed by atoms with Crippen LogP contribution >= 0.6 is 11.6 Å². The molecule has 0 saturated heterocycles. The first kappa shape index (κ1) is 15.9. The van der Waals surface area contributed by atoms with E-state index in [9.17, 15) is 10.1 Å². The third-order valence-electron chi connectivity index (χ3n) is 2.94. The summed E-state index contributed by atoms with van der Waals surface area (Å²) in [6.07, 6.45) is 0. The van der Waals surface area contributed by atoms with E-state index in [1.165, 1.54) is 6.07 Å². The van der Waals surface area contributed by atoms with Gasteiger partial charge < -0.3 is 0 Å². The predicted octanol–water partition coefficient (Wildman–Crippen LogP) is 4.11. The van der Waals surface area contributed by atoms with E-state index in [0.717, 1.165) is 12.1 Å². The zero-order valence-corrected chi connectivity index (χ0v) is 12.6. The lowest BCUT2D eigenvalue weighted by atomic mass is 10.1. The molecule has 0 bridgehead atoms. The molecule has 0 aromatic heterocycles. The van der Waals surface area contributed by atoms with Crippen LogP contribution in [0.25, 0.3) is 0 Å². The molecule has 106 valence electrons. The molecule has 1 aromatic rings. The molecule has 0 aliphatic carbocycles. The Bertz CT molecular complexity index is 447. The van der Waals surface area contributed by atoms with Crippen molar-refractivity contribution in [3.05, 3.63) is 38.9 Å². The molecule has 0 N–H and O–H groups in total. The first-order valence-electron chi connectivity index (χ1n) is 6.48. The van der Waals surface area contributed by atoms with Crippen molar-refractivity contribution >= 4 is 17.3 Å². The van der Waals surface area contributed by atoms with Gasteiger partial charge in [0, 0.05) is 36.3 Å². The highest BCUT2D eigenvalue weighted by molar-refractivity contribution is 6.31. The number of rotatable bonds is 6. The van der Waals surface area contributed by atoms with Crippen LogP contribution in [0.3, 0.4) is 0 Å². The maximum atomic E-state index is 10.8. The highest BCUT2D eigenvalue weighted by Gasteiger charge is 2.16. The van der Waals surface area contributed by atoms with E-state index in [-0.39, 0.29) is 10.6 Å². The maximum Gasteiger partial charge on any atom is 0.269 e. The molecule has 1 aromatic carbocycles. The highest BCUT2D eigenvalue weighted by atomic mass is 35.5. The van der Waals surface area contributed by atoms with Gasteiger partial charge in [-0.1, -0.05) is 25.4 Å². The van der Waals surface area contributed by atoms with Gasteiger partial charge in [0.25, 0.3) is 5.69 Å². The first-order chi connectivity index (χ1) is 8.81. The Morgan fingerprint density at radius 2 is 1.95 bits per heavy atom. The molecule has 5 heteroatoms. The molecule has 0 radical (unpaired) electrons. The summed E-state index contributed by atoms with van der Waals surface area (Å²) in [4.78, 5) is 12.7. The molecular formula is C14H21ClN2O2. The minimum absolute atomic E-state index is 0.0904. The van der Waals surface area contributed by atoms with Gasteiger partial charge in [0.2, 0.25) is 0 Å². The van der Waals surface area contributed by atoms with Gasteiger partial charge in [0.15, 0.2) is 0 Å². The van der Waals surface area contributed by atoms with Crippen LogP contribution in [0.4, 0.5) is 5.69 Å². The summed E-state index contributed by atoms with van der Waals surface area (Å²) in [5.74, 6) is 0.542. The molecule has 0 aliphatic heterocycles. The fourth-order valence-electron chi connectivity index (χ4n) is 1.94. The lowest BCUT2D eigenvalue weighted by Crippen LogP contribution is -2.33. The van der Waals surface area contributed by atoms with Gasteiger partial charge in [0.1, 0.15) is 0 Å². The number of nitro groups is 1. The number of hydrogen-bond acceptors (Lipinski definition) is 3. The maximum absolute atomic E-state index is 10.8. The van der Waals surface area contributed by atoms with Gasteiger partial charge in [-0.3, -0.25) is 15.0 Å². The largest absolute Gasteiger partial charge is 0.296 e. The van der Waals surface area contributed by atoms with Crippen LogP contribution in [0.2, 0.25) is 5.02 Å². The van der Waals surface area contributed by atoms with Gasteiger partial charge in [-0.25, -0.2) is 0 Å². The third-order valence-corrected chi connectivity index (χ3v) is 3.31. The molecular weight excluding hydrogens is 264 g/mol. The smallest absolute Gasteiger partial charge is 0.269 e. The number of halogens is 1. The van der Waals surface area contributed by atoms with Crippen LogP contribution in [-0.4, -0.2) is 22.4 Å². The van der Waals surface area contributed by atoms with Crippen molar-refractivity contribution in [1.82, 2.24) is 4.90 Å². The summed E-state index contributed by atoms with van der Waals surface area (Å²) in [6, 6.07) is 4.98. The predicted molar refractivity (Wildman–Crippen MR) is 78.5 cm³/mol. The van der Waals surface area contributed by atoms with Crippen LogP contribution in [-0.2, 0) is 6.54 Å². The van der Waals surface area contributed by atoms with Gasteiger partial charge in [-0.05, 0) is 31.4 Å². The standard InChI is InChI=1S/C14H21ClN2O2/c1-10(2)8-16(11(3)4)9-12-7-13(17(18)19)5-6-14(12)15/h5-7,10-11H,8-9H2,1-4H3. The average Bonchev–Trinajstić information content (AvgIpc) is 2.29. The zero-order chi connectivity index (χ0) is 14.6. The normalized spacial score (nSPS) is 11.6. The molecule has 0 unspecified atom stereocenters. The second kappa shape index (κ2) is 6.87. The summed E-state index contributed by atoms with van der Waals surface area (Å²) in [5, 5.41) is 11.4. The topological polar surface area (TPSA) is 46.4 Å². The summed E-state index contributed by atoms with van der Waals surface area (Å²) < 4.78 is 0. The summed E-state index contributed by atoms with van der Waals surface area (Å²) >= 11 is 6.14. The summed E-state index contributed by atoms with van der Waals surface area (Å²) in [7, 11) is 0. The molecule has 0 atom stereocenters. The first-order valence-corrected chi connectivity index (χ1v) is 6.86.